The lowest BCUT2D eigenvalue weighted by molar-refractivity contribution is 0.00253. The van der Waals surface area contributed by atoms with Crippen molar-refractivity contribution in [2.75, 3.05) is 26.4 Å². The van der Waals surface area contributed by atoms with Crippen molar-refractivity contribution in [3.05, 3.63) is 22.2 Å². The van der Waals surface area contributed by atoms with E-state index in [1.54, 1.807) is 6.92 Å². The number of aliphatic hydroxyl groups is 2. The fourth-order valence-electron chi connectivity index (χ4n) is 1.92. The molecule has 0 radical (unpaired) electrons. The van der Waals surface area contributed by atoms with E-state index in [0.29, 0.717) is 26.3 Å². The number of hydrogen-bond donors (Lipinski definition) is 3. The molecule has 0 fully saturated rings. The number of hydrogen-bond acceptors (Lipinski definition) is 5. The molecule has 1 aromatic rings. The number of benzene rings is 1. The average Bonchev–Trinajstić information content (AvgIpc) is 2.64. The molecule has 6 heteroatoms. The Morgan fingerprint density at radius 3 is 2.85 bits per heavy atom. The minimum absolute atomic E-state index is 0.273. The van der Waals surface area contributed by atoms with Crippen molar-refractivity contribution in [3.63, 3.8) is 0 Å². The van der Waals surface area contributed by atoms with Gasteiger partial charge in [-0.15, -0.1) is 0 Å². The Labute approximate surface area is 127 Å². The number of aliphatic hydroxyl groups excluding tert-OH is 1. The standard InChI is InChI=1S/C14H20BrNO4/c1-14(18,9-17)8-16-7-10-5-11(15)13-12(6-10)19-3-2-4-20-13/h5-6,16-18H,2-4,7-9H2,1H3. The van der Waals surface area contributed by atoms with Crippen LogP contribution >= 0.6 is 15.9 Å². The van der Waals surface area contributed by atoms with E-state index in [-0.39, 0.29) is 6.61 Å². The molecule has 3 N–H and O–H groups in total. The van der Waals surface area contributed by atoms with Crippen molar-refractivity contribution in [1.29, 1.82) is 0 Å². The quantitative estimate of drug-likeness (QED) is 0.753. The molecule has 1 heterocycles. The van der Waals surface area contributed by atoms with Crippen LogP contribution in [0.15, 0.2) is 16.6 Å². The van der Waals surface area contributed by atoms with Crippen molar-refractivity contribution >= 4 is 15.9 Å². The summed E-state index contributed by atoms with van der Waals surface area (Å²) in [6, 6.07) is 3.90. The molecule has 20 heavy (non-hydrogen) atoms. The van der Waals surface area contributed by atoms with E-state index in [9.17, 15) is 5.11 Å². The first-order valence-electron chi connectivity index (χ1n) is 6.64. The molecular weight excluding hydrogens is 326 g/mol. The Balaban J connectivity index is 2.02. The Morgan fingerprint density at radius 1 is 1.35 bits per heavy atom. The third kappa shape index (κ3) is 4.09. The van der Waals surface area contributed by atoms with Crippen molar-refractivity contribution in [2.24, 2.45) is 0 Å². The third-order valence-corrected chi connectivity index (χ3v) is 3.63. The van der Waals surface area contributed by atoms with Gasteiger partial charge < -0.3 is 25.0 Å². The molecule has 5 nitrogen and oxygen atoms in total. The molecule has 1 aliphatic heterocycles. The van der Waals surface area contributed by atoms with Gasteiger partial charge in [0.2, 0.25) is 0 Å². The van der Waals surface area contributed by atoms with E-state index < -0.39 is 5.60 Å². The second-order valence-electron chi connectivity index (χ2n) is 5.21. The lowest BCUT2D eigenvalue weighted by Gasteiger charge is -2.21. The van der Waals surface area contributed by atoms with Gasteiger partial charge in [0, 0.05) is 19.5 Å². The Bertz CT molecular complexity index is 465. The highest BCUT2D eigenvalue weighted by Gasteiger charge is 2.19. The number of halogens is 1. The highest BCUT2D eigenvalue weighted by Crippen LogP contribution is 2.38. The predicted molar refractivity (Wildman–Crippen MR) is 79.2 cm³/mol. The van der Waals surface area contributed by atoms with E-state index in [4.69, 9.17) is 14.6 Å². The molecule has 1 aliphatic rings. The average molecular weight is 346 g/mol. The van der Waals surface area contributed by atoms with Crippen LogP contribution in [0.5, 0.6) is 11.5 Å². The SMILES string of the molecule is CC(O)(CO)CNCc1cc(Br)c2c(c1)OCCCO2. The van der Waals surface area contributed by atoms with Gasteiger partial charge in [0.15, 0.2) is 11.5 Å². The van der Waals surface area contributed by atoms with Crippen LogP contribution in [0.2, 0.25) is 0 Å². The maximum absolute atomic E-state index is 9.72. The summed E-state index contributed by atoms with van der Waals surface area (Å²) < 4.78 is 12.2. The second kappa shape index (κ2) is 6.76. The molecule has 0 saturated heterocycles. The summed E-state index contributed by atoms with van der Waals surface area (Å²) in [5.74, 6) is 1.48. The van der Waals surface area contributed by atoms with Crippen LogP contribution in [0.4, 0.5) is 0 Å². The van der Waals surface area contributed by atoms with Gasteiger partial charge in [-0.3, -0.25) is 0 Å². The summed E-state index contributed by atoms with van der Waals surface area (Å²) in [4.78, 5) is 0. The summed E-state index contributed by atoms with van der Waals surface area (Å²) in [7, 11) is 0. The van der Waals surface area contributed by atoms with E-state index in [1.165, 1.54) is 0 Å². The second-order valence-corrected chi connectivity index (χ2v) is 6.07. The first-order chi connectivity index (χ1) is 9.52. The van der Waals surface area contributed by atoms with Crippen molar-refractivity contribution in [2.45, 2.75) is 25.5 Å². The zero-order chi connectivity index (χ0) is 14.6. The lowest BCUT2D eigenvalue weighted by atomic mass is 10.1. The summed E-state index contributed by atoms with van der Waals surface area (Å²) in [5, 5.41) is 21.8. The van der Waals surface area contributed by atoms with E-state index in [0.717, 1.165) is 28.0 Å². The normalized spacial score (nSPS) is 17.4. The summed E-state index contributed by atoms with van der Waals surface area (Å²) in [6.07, 6.45) is 0.869. The van der Waals surface area contributed by atoms with Crippen LogP contribution in [0.1, 0.15) is 18.9 Å². The summed E-state index contributed by atoms with van der Waals surface area (Å²) in [5.41, 5.74) is -0.0856. The number of rotatable bonds is 5. The molecule has 1 atom stereocenters. The van der Waals surface area contributed by atoms with Crippen LogP contribution in [0, 0.1) is 0 Å². The maximum Gasteiger partial charge on any atom is 0.175 e. The van der Waals surface area contributed by atoms with E-state index in [2.05, 4.69) is 21.2 Å². The zero-order valence-electron chi connectivity index (χ0n) is 11.5. The van der Waals surface area contributed by atoms with Crippen LogP contribution in [-0.2, 0) is 6.54 Å². The molecule has 0 saturated carbocycles. The molecule has 2 rings (SSSR count). The van der Waals surface area contributed by atoms with Gasteiger partial charge >= 0.3 is 0 Å². The molecule has 0 spiro atoms. The van der Waals surface area contributed by atoms with Crippen LogP contribution < -0.4 is 14.8 Å². The van der Waals surface area contributed by atoms with Gasteiger partial charge in [0.25, 0.3) is 0 Å². The number of nitrogens with one attached hydrogen (secondary N) is 1. The van der Waals surface area contributed by atoms with E-state index >= 15 is 0 Å². The lowest BCUT2D eigenvalue weighted by Crippen LogP contribution is -2.40. The van der Waals surface area contributed by atoms with E-state index in [1.807, 2.05) is 12.1 Å². The smallest absolute Gasteiger partial charge is 0.175 e. The minimum Gasteiger partial charge on any atom is -0.490 e. The third-order valence-electron chi connectivity index (χ3n) is 3.04. The molecule has 0 bridgehead atoms. The topological polar surface area (TPSA) is 71.0 Å². The van der Waals surface area contributed by atoms with Gasteiger partial charge in [0.1, 0.15) is 0 Å². The Morgan fingerprint density at radius 2 is 2.10 bits per heavy atom. The fraction of sp³-hybridized carbons (Fsp3) is 0.571. The van der Waals surface area contributed by atoms with Gasteiger partial charge in [-0.2, -0.15) is 0 Å². The van der Waals surface area contributed by atoms with Gasteiger partial charge in [0.05, 0.1) is 29.9 Å². The minimum atomic E-state index is -1.11. The molecule has 1 aromatic carbocycles. The maximum atomic E-state index is 9.72. The first-order valence-corrected chi connectivity index (χ1v) is 7.43. The van der Waals surface area contributed by atoms with Gasteiger partial charge in [-0.25, -0.2) is 0 Å². The Hall–Kier alpha value is -0.820. The van der Waals surface area contributed by atoms with Crippen LogP contribution in [-0.4, -0.2) is 42.2 Å². The zero-order valence-corrected chi connectivity index (χ0v) is 13.1. The van der Waals surface area contributed by atoms with Crippen molar-refractivity contribution in [1.82, 2.24) is 5.32 Å². The van der Waals surface area contributed by atoms with Crippen molar-refractivity contribution in [3.8, 4) is 11.5 Å². The number of ether oxygens (including phenoxy) is 2. The van der Waals surface area contributed by atoms with Crippen LogP contribution in [0.3, 0.4) is 0 Å². The predicted octanol–water partition coefficient (Wildman–Crippen LogP) is 1.44. The fourth-order valence-corrected chi connectivity index (χ4v) is 2.52. The largest absolute Gasteiger partial charge is 0.490 e. The van der Waals surface area contributed by atoms with Crippen LogP contribution in [0.25, 0.3) is 0 Å². The Kier molecular flexibility index (Phi) is 5.26. The highest BCUT2D eigenvalue weighted by atomic mass is 79.9. The molecule has 0 amide bonds. The summed E-state index contributed by atoms with van der Waals surface area (Å²) >= 11 is 3.49. The first kappa shape index (κ1) is 15.6. The monoisotopic (exact) mass is 345 g/mol. The summed E-state index contributed by atoms with van der Waals surface area (Å²) in [6.45, 7) is 3.51. The number of fused-ring (bicyclic) bond motifs is 1. The molecular formula is C14H20BrNO4. The molecule has 1 unspecified atom stereocenters. The van der Waals surface area contributed by atoms with Crippen molar-refractivity contribution < 1.29 is 19.7 Å². The highest BCUT2D eigenvalue weighted by molar-refractivity contribution is 9.10. The molecule has 0 aromatic heterocycles. The molecule has 0 aliphatic carbocycles. The van der Waals surface area contributed by atoms with Gasteiger partial charge in [-0.05, 0) is 40.5 Å². The molecule has 112 valence electrons. The van der Waals surface area contributed by atoms with Gasteiger partial charge in [-0.1, -0.05) is 0 Å².